The summed E-state index contributed by atoms with van der Waals surface area (Å²) in [6.07, 6.45) is 1.13. The van der Waals surface area contributed by atoms with Crippen molar-refractivity contribution < 1.29 is 13.2 Å². The highest BCUT2D eigenvalue weighted by Gasteiger charge is 2.14. The molecular weight excluding hydrogens is 350 g/mol. The van der Waals surface area contributed by atoms with Gasteiger partial charge in [-0.2, -0.15) is 5.10 Å². The van der Waals surface area contributed by atoms with E-state index in [2.05, 4.69) is 10.4 Å². The average molecular weight is 369 g/mol. The maximum absolute atomic E-state index is 12.5. The lowest BCUT2D eigenvalue weighted by atomic mass is 10.2. The number of aromatic nitrogens is 2. The lowest BCUT2D eigenvalue weighted by Gasteiger charge is -2.09. The third-order valence-corrected chi connectivity index (χ3v) is 5.02. The first-order valence-electron chi connectivity index (χ1n) is 7.99. The van der Waals surface area contributed by atoms with Gasteiger partial charge in [-0.05, 0) is 50.2 Å². The molecule has 0 fully saturated rings. The van der Waals surface area contributed by atoms with Crippen LogP contribution in [0.4, 0.5) is 5.82 Å². The van der Waals surface area contributed by atoms with E-state index in [9.17, 15) is 13.2 Å². The van der Waals surface area contributed by atoms with E-state index in [0.29, 0.717) is 11.4 Å². The zero-order chi connectivity index (χ0) is 18.9. The van der Waals surface area contributed by atoms with Gasteiger partial charge in [0.25, 0.3) is 5.91 Å². The highest BCUT2D eigenvalue weighted by molar-refractivity contribution is 7.90. The van der Waals surface area contributed by atoms with E-state index in [4.69, 9.17) is 0 Å². The Morgan fingerprint density at radius 2 is 1.62 bits per heavy atom. The molecule has 0 aliphatic heterocycles. The van der Waals surface area contributed by atoms with Crippen LogP contribution >= 0.6 is 0 Å². The van der Waals surface area contributed by atoms with Crippen molar-refractivity contribution in [1.29, 1.82) is 0 Å². The van der Waals surface area contributed by atoms with E-state index >= 15 is 0 Å². The lowest BCUT2D eigenvalue weighted by Crippen LogP contribution is -2.15. The fourth-order valence-corrected chi connectivity index (χ4v) is 3.14. The van der Waals surface area contributed by atoms with Crippen molar-refractivity contribution >= 4 is 21.6 Å². The molecule has 0 saturated heterocycles. The Morgan fingerprint density at radius 3 is 2.19 bits per heavy atom. The molecule has 7 heteroatoms. The number of hydrogen-bond donors (Lipinski definition) is 1. The molecule has 0 unspecified atom stereocenters. The molecule has 6 nitrogen and oxygen atoms in total. The molecule has 0 bridgehead atoms. The highest BCUT2D eigenvalue weighted by atomic mass is 32.2. The number of carbonyl (C=O) groups excluding carboxylic acids is 1. The Bertz CT molecular complexity index is 1050. The van der Waals surface area contributed by atoms with Gasteiger partial charge in [0.05, 0.1) is 16.3 Å². The fourth-order valence-electron chi connectivity index (χ4n) is 2.51. The van der Waals surface area contributed by atoms with Crippen LogP contribution in [0.5, 0.6) is 0 Å². The maximum Gasteiger partial charge on any atom is 0.256 e. The van der Waals surface area contributed by atoms with Crippen LogP contribution in [0.25, 0.3) is 5.69 Å². The number of sulfone groups is 1. The molecule has 134 valence electrons. The Labute approximate surface area is 152 Å². The molecular formula is C19H19N3O3S. The van der Waals surface area contributed by atoms with Gasteiger partial charge in [0.2, 0.25) is 0 Å². The number of amides is 1. The molecule has 0 aliphatic carbocycles. The molecule has 0 aliphatic rings. The molecule has 26 heavy (non-hydrogen) atoms. The van der Waals surface area contributed by atoms with E-state index in [-0.39, 0.29) is 10.8 Å². The van der Waals surface area contributed by atoms with Gasteiger partial charge in [-0.3, -0.25) is 4.79 Å². The third kappa shape index (κ3) is 3.83. The average Bonchev–Trinajstić information content (AvgIpc) is 2.95. The summed E-state index contributed by atoms with van der Waals surface area (Å²) in [5, 5.41) is 7.26. The topological polar surface area (TPSA) is 81.1 Å². The summed E-state index contributed by atoms with van der Waals surface area (Å²) in [6.45, 7) is 3.85. The number of hydrogen-bond acceptors (Lipinski definition) is 4. The first kappa shape index (κ1) is 17.9. The lowest BCUT2D eigenvalue weighted by molar-refractivity contribution is 0.102. The van der Waals surface area contributed by atoms with Crippen LogP contribution in [0.3, 0.4) is 0 Å². The number of rotatable bonds is 4. The van der Waals surface area contributed by atoms with E-state index in [1.54, 1.807) is 10.7 Å². The number of anilines is 1. The smallest absolute Gasteiger partial charge is 0.256 e. The van der Waals surface area contributed by atoms with Crippen molar-refractivity contribution in [2.75, 3.05) is 11.6 Å². The molecule has 3 rings (SSSR count). The Hall–Kier alpha value is -2.93. The van der Waals surface area contributed by atoms with Gasteiger partial charge in [-0.25, -0.2) is 13.1 Å². The largest absolute Gasteiger partial charge is 0.306 e. The summed E-state index contributed by atoms with van der Waals surface area (Å²) in [5.41, 5.74) is 3.11. The van der Waals surface area contributed by atoms with Crippen LogP contribution in [-0.4, -0.2) is 30.4 Å². The van der Waals surface area contributed by atoms with Crippen LogP contribution in [0, 0.1) is 13.8 Å². The number of aryl methyl sites for hydroxylation is 2. The van der Waals surface area contributed by atoms with Crippen LogP contribution < -0.4 is 5.32 Å². The van der Waals surface area contributed by atoms with Crippen LogP contribution in [0.1, 0.15) is 21.6 Å². The zero-order valence-electron chi connectivity index (χ0n) is 14.7. The molecule has 1 amide bonds. The van der Waals surface area contributed by atoms with E-state index in [0.717, 1.165) is 23.2 Å². The Kier molecular flexibility index (Phi) is 4.65. The standard InChI is InChI=1S/C19H19N3O3S/c1-13-4-8-16(9-5-13)22-18(12-14(2)21-22)20-19(23)15-6-10-17(11-7-15)26(3,24)25/h4-12H,1-3H3,(H,20,23). The van der Waals surface area contributed by atoms with Gasteiger partial charge in [-0.1, -0.05) is 17.7 Å². The van der Waals surface area contributed by atoms with Crippen LogP contribution in [0.2, 0.25) is 0 Å². The Morgan fingerprint density at radius 1 is 1.00 bits per heavy atom. The fraction of sp³-hybridized carbons (Fsp3) is 0.158. The molecule has 1 heterocycles. The van der Waals surface area contributed by atoms with E-state index in [1.165, 1.54) is 24.3 Å². The zero-order valence-corrected chi connectivity index (χ0v) is 15.5. The summed E-state index contributed by atoms with van der Waals surface area (Å²) in [7, 11) is -3.29. The van der Waals surface area contributed by atoms with Crippen molar-refractivity contribution in [3.8, 4) is 5.69 Å². The number of benzene rings is 2. The van der Waals surface area contributed by atoms with Gasteiger partial charge < -0.3 is 5.32 Å². The highest BCUT2D eigenvalue weighted by Crippen LogP contribution is 2.19. The first-order valence-corrected chi connectivity index (χ1v) is 9.88. The number of nitrogens with one attached hydrogen (secondary N) is 1. The summed E-state index contributed by atoms with van der Waals surface area (Å²) < 4.78 is 24.7. The second kappa shape index (κ2) is 6.76. The summed E-state index contributed by atoms with van der Waals surface area (Å²) in [5.74, 6) is 0.210. The van der Waals surface area contributed by atoms with Crippen LogP contribution in [0.15, 0.2) is 59.5 Å². The van der Waals surface area contributed by atoms with Crippen molar-refractivity contribution in [3.63, 3.8) is 0 Å². The van der Waals surface area contributed by atoms with Gasteiger partial charge in [-0.15, -0.1) is 0 Å². The van der Waals surface area contributed by atoms with Gasteiger partial charge >= 0.3 is 0 Å². The van der Waals surface area contributed by atoms with Crippen LogP contribution in [-0.2, 0) is 9.84 Å². The van der Waals surface area contributed by atoms with Gasteiger partial charge in [0.15, 0.2) is 9.84 Å². The Balaban J connectivity index is 1.87. The second-order valence-electron chi connectivity index (χ2n) is 6.17. The SMILES string of the molecule is Cc1ccc(-n2nc(C)cc2NC(=O)c2ccc(S(C)(=O)=O)cc2)cc1. The van der Waals surface area contributed by atoms with Gasteiger partial charge in [0.1, 0.15) is 5.82 Å². The van der Waals surface area contributed by atoms with E-state index in [1.807, 2.05) is 38.1 Å². The minimum atomic E-state index is -3.29. The molecule has 0 atom stereocenters. The minimum Gasteiger partial charge on any atom is -0.306 e. The van der Waals surface area contributed by atoms with Gasteiger partial charge in [0, 0.05) is 17.9 Å². The second-order valence-corrected chi connectivity index (χ2v) is 8.18. The first-order chi connectivity index (χ1) is 12.2. The molecule has 3 aromatic rings. The molecule has 0 saturated carbocycles. The molecule has 0 radical (unpaired) electrons. The number of carbonyl (C=O) groups is 1. The molecule has 0 spiro atoms. The molecule has 1 aromatic heterocycles. The predicted molar refractivity (Wildman–Crippen MR) is 101 cm³/mol. The summed E-state index contributed by atoms with van der Waals surface area (Å²) in [4.78, 5) is 12.7. The van der Waals surface area contributed by atoms with Crippen molar-refractivity contribution in [3.05, 3.63) is 71.4 Å². The normalized spacial score (nSPS) is 11.3. The van der Waals surface area contributed by atoms with Crippen molar-refractivity contribution in [2.45, 2.75) is 18.7 Å². The van der Waals surface area contributed by atoms with Crippen molar-refractivity contribution in [2.24, 2.45) is 0 Å². The number of nitrogens with zero attached hydrogens (tertiary/aromatic N) is 2. The van der Waals surface area contributed by atoms with Crippen molar-refractivity contribution in [1.82, 2.24) is 9.78 Å². The molecule has 2 aromatic carbocycles. The summed E-state index contributed by atoms with van der Waals surface area (Å²) >= 11 is 0. The van der Waals surface area contributed by atoms with E-state index < -0.39 is 9.84 Å². The monoisotopic (exact) mass is 369 g/mol. The minimum absolute atomic E-state index is 0.176. The predicted octanol–water partition coefficient (Wildman–Crippen LogP) is 3.14. The molecule has 1 N–H and O–H groups in total. The maximum atomic E-state index is 12.5. The summed E-state index contributed by atoms with van der Waals surface area (Å²) in [6, 6.07) is 15.4. The third-order valence-electron chi connectivity index (χ3n) is 3.90. The quantitative estimate of drug-likeness (QED) is 0.766.